The first-order valence-electron chi connectivity index (χ1n) is 5.96. The second-order valence-corrected chi connectivity index (χ2v) is 4.68. The molecule has 2 atom stereocenters. The average Bonchev–Trinajstić information content (AvgIpc) is 2.12. The Balaban J connectivity index is 1.87. The van der Waals surface area contributed by atoms with Crippen LogP contribution in [0.4, 0.5) is 0 Å². The molecule has 0 saturated heterocycles. The maximum Gasteiger partial charge on any atom is 0.135 e. The molecule has 0 bridgehead atoms. The highest BCUT2D eigenvalue weighted by molar-refractivity contribution is 5.79. The summed E-state index contributed by atoms with van der Waals surface area (Å²) in [6, 6.07) is 0. The van der Waals surface area contributed by atoms with Gasteiger partial charge < -0.3 is 4.74 Å². The van der Waals surface area contributed by atoms with Crippen LogP contribution in [-0.2, 0) is 9.53 Å². The van der Waals surface area contributed by atoms with Crippen LogP contribution in [0, 0.1) is 5.92 Å². The molecule has 2 unspecified atom stereocenters. The van der Waals surface area contributed by atoms with Gasteiger partial charge in [0.1, 0.15) is 5.78 Å². The van der Waals surface area contributed by atoms with E-state index in [-0.39, 0.29) is 6.10 Å². The summed E-state index contributed by atoms with van der Waals surface area (Å²) in [5, 5.41) is 0. The number of hydrogen-bond acceptors (Lipinski definition) is 2. The van der Waals surface area contributed by atoms with Crippen LogP contribution in [0.5, 0.6) is 0 Å². The van der Waals surface area contributed by atoms with Gasteiger partial charge in [-0.1, -0.05) is 13.3 Å². The molecule has 0 aromatic carbocycles. The molecule has 80 valence electrons. The summed E-state index contributed by atoms with van der Waals surface area (Å²) in [7, 11) is 0. The van der Waals surface area contributed by atoms with Crippen LogP contribution in [0.1, 0.15) is 51.9 Å². The molecular formula is C12H20O2. The fourth-order valence-electron chi connectivity index (χ4n) is 2.41. The second-order valence-electron chi connectivity index (χ2n) is 4.68. The van der Waals surface area contributed by atoms with Gasteiger partial charge in [0.05, 0.1) is 12.2 Å². The van der Waals surface area contributed by atoms with Gasteiger partial charge in [0, 0.05) is 12.8 Å². The molecule has 2 nitrogen and oxygen atoms in total. The van der Waals surface area contributed by atoms with Crippen LogP contribution >= 0.6 is 0 Å². The third-order valence-electron chi connectivity index (χ3n) is 3.69. The molecule has 2 fully saturated rings. The molecule has 2 rings (SSSR count). The molecule has 2 aliphatic rings. The van der Waals surface area contributed by atoms with E-state index in [9.17, 15) is 4.79 Å². The van der Waals surface area contributed by atoms with E-state index in [1.54, 1.807) is 0 Å². The number of rotatable bonds is 3. The number of hydrogen-bond donors (Lipinski definition) is 0. The van der Waals surface area contributed by atoms with E-state index in [1.165, 1.54) is 19.3 Å². The lowest BCUT2D eigenvalue weighted by molar-refractivity contribution is -0.134. The highest BCUT2D eigenvalue weighted by Gasteiger charge is 2.32. The molecule has 14 heavy (non-hydrogen) atoms. The molecule has 0 radical (unpaired) electrons. The number of ketones is 1. The van der Waals surface area contributed by atoms with Gasteiger partial charge in [-0.05, 0) is 31.6 Å². The molecule has 0 amide bonds. The highest BCUT2D eigenvalue weighted by atomic mass is 16.5. The highest BCUT2D eigenvalue weighted by Crippen LogP contribution is 2.32. The first kappa shape index (κ1) is 10.2. The Hall–Kier alpha value is -0.370. The molecule has 2 aliphatic carbocycles. The largest absolute Gasteiger partial charge is 0.374 e. The van der Waals surface area contributed by atoms with E-state index in [4.69, 9.17) is 4.74 Å². The maximum atomic E-state index is 11.3. The Kier molecular flexibility index (Phi) is 3.22. The SMILES string of the molecule is CCC1CCC(=O)CC1OC1CCC1. The third kappa shape index (κ3) is 2.17. The molecule has 0 aliphatic heterocycles. The Morgan fingerprint density at radius 2 is 2.14 bits per heavy atom. The van der Waals surface area contributed by atoms with Crippen molar-refractivity contribution < 1.29 is 9.53 Å². The van der Waals surface area contributed by atoms with Crippen LogP contribution in [0.15, 0.2) is 0 Å². The average molecular weight is 196 g/mol. The molecule has 0 aromatic heterocycles. The van der Waals surface area contributed by atoms with Gasteiger partial charge in [0.15, 0.2) is 0 Å². The standard InChI is InChI=1S/C12H20O2/c1-2-9-6-7-10(13)8-12(9)14-11-4-3-5-11/h9,11-12H,2-8H2,1H3. The third-order valence-corrected chi connectivity index (χ3v) is 3.69. The predicted molar refractivity (Wildman–Crippen MR) is 55.2 cm³/mol. The molecule has 2 heteroatoms. The minimum Gasteiger partial charge on any atom is -0.374 e. The van der Waals surface area contributed by atoms with Crippen molar-refractivity contribution in [3.8, 4) is 0 Å². The van der Waals surface area contributed by atoms with Crippen LogP contribution in [0.2, 0.25) is 0 Å². The van der Waals surface area contributed by atoms with Gasteiger partial charge in [-0.3, -0.25) is 4.79 Å². The fourth-order valence-corrected chi connectivity index (χ4v) is 2.41. The van der Waals surface area contributed by atoms with E-state index in [2.05, 4.69) is 6.92 Å². The van der Waals surface area contributed by atoms with E-state index < -0.39 is 0 Å². The zero-order valence-corrected chi connectivity index (χ0v) is 9.00. The quantitative estimate of drug-likeness (QED) is 0.693. The van der Waals surface area contributed by atoms with E-state index in [0.29, 0.717) is 24.2 Å². The minimum absolute atomic E-state index is 0.242. The van der Waals surface area contributed by atoms with Gasteiger partial charge in [-0.15, -0.1) is 0 Å². The topological polar surface area (TPSA) is 26.3 Å². The predicted octanol–water partition coefficient (Wildman–Crippen LogP) is 2.70. The lowest BCUT2D eigenvalue weighted by atomic mass is 9.83. The summed E-state index contributed by atoms with van der Waals surface area (Å²) in [6.07, 6.45) is 8.10. The molecule has 0 heterocycles. The Morgan fingerprint density at radius 3 is 2.71 bits per heavy atom. The van der Waals surface area contributed by atoms with Crippen molar-refractivity contribution in [3.63, 3.8) is 0 Å². The summed E-state index contributed by atoms with van der Waals surface area (Å²) in [5.74, 6) is 1.03. The Morgan fingerprint density at radius 1 is 1.36 bits per heavy atom. The smallest absolute Gasteiger partial charge is 0.135 e. The number of Topliss-reactive ketones (excluding diaryl/α,β-unsaturated/α-hetero) is 1. The maximum absolute atomic E-state index is 11.3. The van der Waals surface area contributed by atoms with Crippen molar-refractivity contribution in [2.24, 2.45) is 5.92 Å². The number of carbonyl (C=O) groups is 1. The first-order valence-corrected chi connectivity index (χ1v) is 5.96. The van der Waals surface area contributed by atoms with E-state index in [0.717, 1.165) is 19.3 Å². The van der Waals surface area contributed by atoms with Crippen molar-refractivity contribution in [2.45, 2.75) is 64.1 Å². The van der Waals surface area contributed by atoms with Crippen molar-refractivity contribution in [3.05, 3.63) is 0 Å². The second kappa shape index (κ2) is 4.43. The van der Waals surface area contributed by atoms with Crippen molar-refractivity contribution >= 4 is 5.78 Å². The molecular weight excluding hydrogens is 176 g/mol. The van der Waals surface area contributed by atoms with Gasteiger partial charge in [-0.2, -0.15) is 0 Å². The first-order chi connectivity index (χ1) is 6.79. The zero-order chi connectivity index (χ0) is 9.97. The van der Waals surface area contributed by atoms with E-state index >= 15 is 0 Å². The lowest BCUT2D eigenvalue weighted by Crippen LogP contribution is -2.37. The van der Waals surface area contributed by atoms with Crippen LogP contribution in [-0.4, -0.2) is 18.0 Å². The normalized spacial score (nSPS) is 34.2. The zero-order valence-electron chi connectivity index (χ0n) is 9.00. The lowest BCUT2D eigenvalue weighted by Gasteiger charge is -2.36. The Bertz CT molecular complexity index is 208. The van der Waals surface area contributed by atoms with Gasteiger partial charge in [0.25, 0.3) is 0 Å². The number of ether oxygens (including phenoxy) is 1. The van der Waals surface area contributed by atoms with Crippen LogP contribution < -0.4 is 0 Å². The fraction of sp³-hybridized carbons (Fsp3) is 0.917. The van der Waals surface area contributed by atoms with Crippen LogP contribution in [0.25, 0.3) is 0 Å². The van der Waals surface area contributed by atoms with Crippen molar-refractivity contribution in [1.29, 1.82) is 0 Å². The molecule has 0 aromatic rings. The summed E-state index contributed by atoms with van der Waals surface area (Å²) in [4.78, 5) is 11.3. The molecule has 0 spiro atoms. The number of carbonyl (C=O) groups excluding carboxylic acids is 1. The van der Waals surface area contributed by atoms with Gasteiger partial charge in [0.2, 0.25) is 0 Å². The monoisotopic (exact) mass is 196 g/mol. The van der Waals surface area contributed by atoms with Crippen LogP contribution in [0.3, 0.4) is 0 Å². The van der Waals surface area contributed by atoms with Crippen molar-refractivity contribution in [1.82, 2.24) is 0 Å². The van der Waals surface area contributed by atoms with E-state index in [1.807, 2.05) is 0 Å². The Labute approximate surface area is 86.0 Å². The van der Waals surface area contributed by atoms with Gasteiger partial charge >= 0.3 is 0 Å². The molecule has 2 saturated carbocycles. The summed E-state index contributed by atoms with van der Waals surface area (Å²) >= 11 is 0. The molecule has 0 N–H and O–H groups in total. The van der Waals surface area contributed by atoms with Crippen molar-refractivity contribution in [2.75, 3.05) is 0 Å². The summed E-state index contributed by atoms with van der Waals surface area (Å²) in [5.41, 5.74) is 0. The summed E-state index contributed by atoms with van der Waals surface area (Å²) < 4.78 is 5.98. The van der Waals surface area contributed by atoms with Gasteiger partial charge in [-0.25, -0.2) is 0 Å². The minimum atomic E-state index is 0.242. The summed E-state index contributed by atoms with van der Waals surface area (Å²) in [6.45, 7) is 2.21.